The monoisotopic (exact) mass is 235 g/mol. The molecule has 0 fully saturated rings. The third kappa shape index (κ3) is 2.29. The van der Waals surface area contributed by atoms with E-state index in [4.69, 9.17) is 11.6 Å². The second kappa shape index (κ2) is 4.56. The van der Waals surface area contributed by atoms with Gasteiger partial charge in [0.15, 0.2) is 0 Å². The zero-order valence-electron chi connectivity index (χ0n) is 9.96. The van der Waals surface area contributed by atoms with Crippen molar-refractivity contribution >= 4 is 5.82 Å². The maximum Gasteiger partial charge on any atom is 0.126 e. The van der Waals surface area contributed by atoms with Crippen LogP contribution >= 0.6 is 0 Å². The topological polar surface area (TPSA) is 99.7 Å². The van der Waals surface area contributed by atoms with Crippen LogP contribution in [0.5, 0.6) is 0 Å². The molecule has 92 valence electrons. The summed E-state index contributed by atoms with van der Waals surface area (Å²) in [6, 6.07) is 1.87. The number of anilines is 1. The van der Waals surface area contributed by atoms with Crippen molar-refractivity contribution in [3.05, 3.63) is 29.7 Å². The molecular formula is C10H17N7. The first-order valence-corrected chi connectivity index (χ1v) is 5.34. The molecule has 7 nitrogen and oxygen atoms in total. The van der Waals surface area contributed by atoms with Crippen LogP contribution in [-0.4, -0.2) is 19.6 Å². The van der Waals surface area contributed by atoms with Gasteiger partial charge in [-0.1, -0.05) is 0 Å². The van der Waals surface area contributed by atoms with Gasteiger partial charge in [-0.05, 0) is 6.07 Å². The van der Waals surface area contributed by atoms with Gasteiger partial charge >= 0.3 is 0 Å². The highest BCUT2D eigenvalue weighted by molar-refractivity contribution is 5.41. The van der Waals surface area contributed by atoms with Gasteiger partial charge in [0, 0.05) is 32.3 Å². The molecule has 2 aromatic heterocycles. The van der Waals surface area contributed by atoms with Gasteiger partial charge in [0.25, 0.3) is 0 Å². The molecule has 17 heavy (non-hydrogen) atoms. The fourth-order valence-electron chi connectivity index (χ4n) is 1.77. The van der Waals surface area contributed by atoms with Crippen LogP contribution < -0.4 is 17.0 Å². The van der Waals surface area contributed by atoms with Crippen LogP contribution in [0.3, 0.4) is 0 Å². The van der Waals surface area contributed by atoms with E-state index in [9.17, 15) is 0 Å². The average molecular weight is 235 g/mol. The van der Waals surface area contributed by atoms with Gasteiger partial charge in [-0.25, -0.2) is 0 Å². The molecule has 7 heteroatoms. The molecule has 0 saturated heterocycles. The highest BCUT2D eigenvalue weighted by Crippen LogP contribution is 2.21. The molecular weight excluding hydrogens is 218 g/mol. The summed E-state index contributed by atoms with van der Waals surface area (Å²) < 4.78 is 3.38. The molecule has 5 N–H and O–H groups in total. The van der Waals surface area contributed by atoms with E-state index < -0.39 is 0 Å². The number of hydrogen-bond acceptors (Lipinski definition) is 5. The van der Waals surface area contributed by atoms with E-state index in [0.29, 0.717) is 12.2 Å². The van der Waals surface area contributed by atoms with Gasteiger partial charge in [0.05, 0.1) is 17.9 Å². The minimum Gasteiger partial charge on any atom is -0.384 e. The molecule has 0 amide bonds. The lowest BCUT2D eigenvalue weighted by atomic mass is 10.1. The number of aryl methyl sites for hydroxylation is 2. The number of nitrogens with two attached hydrogens (primary N) is 2. The van der Waals surface area contributed by atoms with Crippen molar-refractivity contribution in [3.8, 4) is 0 Å². The molecule has 2 aromatic rings. The average Bonchev–Trinajstić information content (AvgIpc) is 2.85. The van der Waals surface area contributed by atoms with Crippen LogP contribution in [0.2, 0.25) is 0 Å². The number of nitrogens with zero attached hydrogens (tertiary/aromatic N) is 4. The lowest BCUT2D eigenvalue weighted by Gasteiger charge is -2.13. The molecule has 1 atom stereocenters. The summed E-state index contributed by atoms with van der Waals surface area (Å²) >= 11 is 0. The van der Waals surface area contributed by atoms with Gasteiger partial charge in [0.1, 0.15) is 5.82 Å². The lowest BCUT2D eigenvalue weighted by Crippen LogP contribution is -2.30. The second-order valence-corrected chi connectivity index (χ2v) is 4.01. The summed E-state index contributed by atoms with van der Waals surface area (Å²) in [5.74, 6) is 6.18. The number of nitrogen functional groups attached to an aromatic ring is 1. The molecule has 2 rings (SSSR count). The summed E-state index contributed by atoms with van der Waals surface area (Å²) in [5, 5.41) is 8.42. The molecule has 2 heterocycles. The van der Waals surface area contributed by atoms with E-state index in [1.165, 1.54) is 0 Å². The molecule has 0 aliphatic rings. The maximum absolute atomic E-state index is 5.92. The van der Waals surface area contributed by atoms with Crippen molar-refractivity contribution in [1.82, 2.24) is 25.0 Å². The van der Waals surface area contributed by atoms with Crippen molar-refractivity contribution in [1.29, 1.82) is 0 Å². The number of aromatic nitrogens is 4. The Bertz CT molecular complexity index is 498. The van der Waals surface area contributed by atoms with Crippen molar-refractivity contribution in [3.63, 3.8) is 0 Å². The second-order valence-electron chi connectivity index (χ2n) is 4.01. The first-order valence-electron chi connectivity index (χ1n) is 5.34. The van der Waals surface area contributed by atoms with Crippen molar-refractivity contribution in [2.24, 2.45) is 19.9 Å². The Morgan fingerprint density at radius 2 is 2.24 bits per heavy atom. The highest BCUT2D eigenvalue weighted by atomic mass is 15.3. The zero-order chi connectivity index (χ0) is 12.4. The number of nitrogens with one attached hydrogen (secondary N) is 1. The molecule has 1 unspecified atom stereocenters. The third-order valence-corrected chi connectivity index (χ3v) is 2.77. The SMILES string of the molecule is Cn1ccc(CC(NN)c2cnn(C)c2N)n1. The fourth-order valence-corrected chi connectivity index (χ4v) is 1.77. The Hall–Kier alpha value is -1.86. The van der Waals surface area contributed by atoms with Crippen LogP contribution in [0.25, 0.3) is 0 Å². The molecule has 0 radical (unpaired) electrons. The van der Waals surface area contributed by atoms with E-state index in [1.54, 1.807) is 22.6 Å². The van der Waals surface area contributed by atoms with E-state index in [1.807, 2.05) is 19.3 Å². The lowest BCUT2D eigenvalue weighted by molar-refractivity contribution is 0.542. The highest BCUT2D eigenvalue weighted by Gasteiger charge is 2.17. The molecule has 0 aliphatic heterocycles. The Labute approximate surface area is 99.4 Å². The van der Waals surface area contributed by atoms with Crippen LogP contribution in [0, 0.1) is 0 Å². The standard InChI is InChI=1S/C10H17N7/c1-16-4-3-7(15-16)5-9(14-12)8-6-13-17(2)10(8)11/h3-4,6,9,14H,5,11-12H2,1-2H3. The van der Waals surface area contributed by atoms with Gasteiger partial charge in [-0.2, -0.15) is 10.2 Å². The van der Waals surface area contributed by atoms with E-state index in [0.717, 1.165) is 11.3 Å². The first-order chi connectivity index (χ1) is 8.11. The maximum atomic E-state index is 5.92. The Morgan fingerprint density at radius 1 is 1.47 bits per heavy atom. The molecule has 0 bridgehead atoms. The largest absolute Gasteiger partial charge is 0.384 e. The number of hydrazine groups is 1. The molecule has 0 saturated carbocycles. The van der Waals surface area contributed by atoms with E-state index >= 15 is 0 Å². The smallest absolute Gasteiger partial charge is 0.126 e. The molecule has 0 aliphatic carbocycles. The Balaban J connectivity index is 2.19. The summed E-state index contributed by atoms with van der Waals surface area (Å²) in [6.45, 7) is 0. The van der Waals surface area contributed by atoms with Gasteiger partial charge in [0.2, 0.25) is 0 Å². The first kappa shape index (κ1) is 11.6. The minimum absolute atomic E-state index is 0.0846. The summed E-state index contributed by atoms with van der Waals surface area (Å²) in [4.78, 5) is 0. The van der Waals surface area contributed by atoms with Crippen LogP contribution in [0.4, 0.5) is 5.82 Å². The summed E-state index contributed by atoms with van der Waals surface area (Å²) in [7, 11) is 3.68. The van der Waals surface area contributed by atoms with Crippen molar-refractivity contribution in [2.45, 2.75) is 12.5 Å². The quantitative estimate of drug-likeness (QED) is 0.489. The van der Waals surface area contributed by atoms with Gasteiger partial charge in [-0.3, -0.25) is 20.6 Å². The van der Waals surface area contributed by atoms with Crippen molar-refractivity contribution < 1.29 is 0 Å². The summed E-state index contributed by atoms with van der Waals surface area (Å²) in [6.07, 6.45) is 4.30. The summed E-state index contributed by atoms with van der Waals surface area (Å²) in [5.41, 5.74) is 10.5. The third-order valence-electron chi connectivity index (χ3n) is 2.77. The van der Waals surface area contributed by atoms with Crippen LogP contribution in [0.15, 0.2) is 18.5 Å². The molecule has 0 aromatic carbocycles. The zero-order valence-corrected chi connectivity index (χ0v) is 9.96. The molecule has 0 spiro atoms. The minimum atomic E-state index is -0.0846. The van der Waals surface area contributed by atoms with E-state index in [-0.39, 0.29) is 6.04 Å². The van der Waals surface area contributed by atoms with Crippen LogP contribution in [0.1, 0.15) is 17.3 Å². The van der Waals surface area contributed by atoms with Crippen molar-refractivity contribution in [2.75, 3.05) is 5.73 Å². The van der Waals surface area contributed by atoms with Gasteiger partial charge < -0.3 is 5.73 Å². The number of hydrogen-bond donors (Lipinski definition) is 3. The van der Waals surface area contributed by atoms with Gasteiger partial charge in [-0.15, -0.1) is 0 Å². The van der Waals surface area contributed by atoms with E-state index in [2.05, 4.69) is 15.6 Å². The number of rotatable bonds is 4. The predicted molar refractivity (Wildman–Crippen MR) is 64.6 cm³/mol. The predicted octanol–water partition coefficient (Wildman–Crippen LogP) is -0.517. The Kier molecular flexibility index (Phi) is 3.12. The normalized spacial score (nSPS) is 12.9. The van der Waals surface area contributed by atoms with Crippen LogP contribution in [-0.2, 0) is 20.5 Å². The fraction of sp³-hybridized carbons (Fsp3) is 0.400. The Morgan fingerprint density at radius 3 is 2.71 bits per heavy atom.